The van der Waals surface area contributed by atoms with Gasteiger partial charge in [-0.2, -0.15) is 0 Å². The third-order valence-electron chi connectivity index (χ3n) is 11.4. The highest BCUT2D eigenvalue weighted by atomic mass is 16.8. The van der Waals surface area contributed by atoms with Gasteiger partial charge in [-0.25, -0.2) is 0 Å². The number of hydrogen-bond acceptors (Lipinski definition) is 24. The molecule has 0 saturated carbocycles. The molecule has 1 amide bonds. The number of aliphatic hydroxyl groups is 11. The Balaban J connectivity index is 1.57. The summed E-state index contributed by atoms with van der Waals surface area (Å²) >= 11 is 0. The Morgan fingerprint density at radius 1 is 0.500 bits per heavy atom. The minimum atomic E-state index is -2.00. The number of rotatable bonds is 15. The molecular weight excluding hydrogens is 842 g/mol. The van der Waals surface area contributed by atoms with Gasteiger partial charge < -0.3 is 114 Å². The second kappa shape index (κ2) is 22.1. The number of ether oxygens (including phenoxy) is 11. The molecule has 0 bridgehead atoms. The van der Waals surface area contributed by atoms with Crippen molar-refractivity contribution in [3.63, 3.8) is 0 Å². The zero-order valence-electron chi connectivity index (χ0n) is 35.0. The molecule has 5 rings (SSSR count). The van der Waals surface area contributed by atoms with Crippen LogP contribution in [0.5, 0.6) is 0 Å². The van der Waals surface area contributed by atoms with E-state index in [0.717, 1.165) is 13.8 Å². The van der Waals surface area contributed by atoms with E-state index in [4.69, 9.17) is 52.1 Å². The molecule has 25 nitrogen and oxygen atoms in total. The van der Waals surface area contributed by atoms with Crippen LogP contribution < -0.4 is 5.32 Å². The fraction of sp³-hybridized carbons (Fsp3) is 0.946. The van der Waals surface area contributed by atoms with Crippen molar-refractivity contribution in [2.75, 3.05) is 19.8 Å². The van der Waals surface area contributed by atoms with Crippen molar-refractivity contribution in [1.29, 1.82) is 0 Å². The summed E-state index contributed by atoms with van der Waals surface area (Å²) in [4.78, 5) is 24.9. The highest BCUT2D eigenvalue weighted by Crippen LogP contribution is 2.37. The third kappa shape index (κ3) is 11.2. The van der Waals surface area contributed by atoms with Crippen molar-refractivity contribution in [3.8, 4) is 0 Å². The number of carbonyl (C=O) groups is 2. The second-order valence-electron chi connectivity index (χ2n) is 16.1. The van der Waals surface area contributed by atoms with Gasteiger partial charge in [0.1, 0.15) is 97.6 Å². The van der Waals surface area contributed by atoms with Crippen LogP contribution in [-0.4, -0.2) is 241 Å². The van der Waals surface area contributed by atoms with Crippen LogP contribution in [0.25, 0.3) is 0 Å². The van der Waals surface area contributed by atoms with Crippen LogP contribution in [0.3, 0.4) is 0 Å². The molecular formula is C37H63NO24. The van der Waals surface area contributed by atoms with Crippen molar-refractivity contribution >= 4 is 11.9 Å². The number of aliphatic hydroxyl groups excluding tert-OH is 11. The minimum absolute atomic E-state index is 0.113. The van der Waals surface area contributed by atoms with Crippen LogP contribution in [0, 0.1) is 0 Å². The third-order valence-corrected chi connectivity index (χ3v) is 11.4. The summed E-state index contributed by atoms with van der Waals surface area (Å²) in [6.07, 6.45) is -39.1. The van der Waals surface area contributed by atoms with Crippen molar-refractivity contribution in [2.24, 2.45) is 0 Å². The van der Waals surface area contributed by atoms with E-state index >= 15 is 0 Å². The van der Waals surface area contributed by atoms with Gasteiger partial charge >= 0.3 is 5.97 Å². The Morgan fingerprint density at radius 2 is 0.984 bits per heavy atom. The first kappa shape index (κ1) is 51.1. The molecule has 10 unspecified atom stereocenters. The summed E-state index contributed by atoms with van der Waals surface area (Å²) in [5, 5.41) is 122. The van der Waals surface area contributed by atoms with Crippen LogP contribution in [0.4, 0.5) is 0 Å². The molecule has 5 heterocycles. The fourth-order valence-electron chi connectivity index (χ4n) is 7.87. The highest BCUT2D eigenvalue weighted by Gasteiger charge is 2.58. The van der Waals surface area contributed by atoms with E-state index in [1.54, 1.807) is 6.92 Å². The standard InChI is InChI=1S/C37H63NO24/c1-7-8-52-35-30(25(49)19(43)11(2)53-35)61-37-32(29(21(45)13(4)55-37)60-34-27(51)24(48)22(46)16(9-39)58-34)62-33-18(38-14(5)41)28(23(47)17(10-40)57-33)59-36-31(56-15(6)42)26(50)20(44)12(3)54-36/h11-13,16-37,39-40,43-51H,7-10H2,1-6H3,(H,38,41)/t11?,12?,13?,16-,17?,18?,19+,20+,21+,22-,23+,24?,25-,26-,27?,28-,29-,30?,31?,32?,33+,34-,35-,36+,37+/m1/s1. The van der Waals surface area contributed by atoms with Gasteiger partial charge in [0.15, 0.2) is 37.6 Å². The summed E-state index contributed by atoms with van der Waals surface area (Å²) in [6, 6.07) is -1.65. The van der Waals surface area contributed by atoms with Gasteiger partial charge in [-0.1, -0.05) is 6.92 Å². The molecule has 5 fully saturated rings. The average Bonchev–Trinajstić information content (AvgIpc) is 3.22. The molecule has 360 valence electrons. The predicted molar refractivity (Wildman–Crippen MR) is 197 cm³/mol. The topological polar surface area (TPSA) is 370 Å². The molecule has 0 aromatic carbocycles. The maximum atomic E-state index is 12.8. The summed E-state index contributed by atoms with van der Waals surface area (Å²) < 4.78 is 65.1. The molecule has 5 aliphatic rings. The molecule has 25 atom stereocenters. The summed E-state index contributed by atoms with van der Waals surface area (Å²) in [7, 11) is 0. The molecule has 5 aliphatic heterocycles. The lowest BCUT2D eigenvalue weighted by Crippen LogP contribution is -2.70. The van der Waals surface area contributed by atoms with Gasteiger partial charge in [0.05, 0.1) is 31.5 Å². The first-order chi connectivity index (χ1) is 29.2. The van der Waals surface area contributed by atoms with Crippen molar-refractivity contribution < 1.29 is 118 Å². The van der Waals surface area contributed by atoms with Gasteiger partial charge in [-0.05, 0) is 27.2 Å². The van der Waals surface area contributed by atoms with E-state index in [2.05, 4.69) is 5.32 Å². The number of carbonyl (C=O) groups excluding carboxylic acids is 2. The molecule has 62 heavy (non-hydrogen) atoms. The Labute approximate surface area is 356 Å². The lowest BCUT2D eigenvalue weighted by atomic mass is 9.94. The molecule has 0 spiro atoms. The normalized spacial score (nSPS) is 49.0. The number of amides is 1. The Bertz CT molecular complexity index is 1430. The lowest BCUT2D eigenvalue weighted by molar-refractivity contribution is -0.405. The molecule has 5 saturated heterocycles. The number of hydrogen-bond donors (Lipinski definition) is 12. The first-order valence-electron chi connectivity index (χ1n) is 20.5. The summed E-state index contributed by atoms with van der Waals surface area (Å²) in [5.74, 6) is -1.68. The monoisotopic (exact) mass is 905 g/mol. The average molecular weight is 906 g/mol. The van der Waals surface area contributed by atoms with Crippen molar-refractivity contribution in [3.05, 3.63) is 0 Å². The van der Waals surface area contributed by atoms with Gasteiger partial charge in [-0.3, -0.25) is 9.59 Å². The SMILES string of the molecule is CCCO[C@@H]1OC(C)[C@H](O)[C@@H](O)C1O[C@@H]1OC(C)[C@H](O)[C@@H](O[C@H]2O[C@H](CO)[C@@H](O)C(O)C2O)C1O[C@@H]1OC(CO)[C@H](O)[C@H](O[C@@H]2OC(C)[C@H](O)[C@@H](O)C2OC(C)=O)C1NC(C)=O. The largest absolute Gasteiger partial charge is 0.454 e. The molecule has 0 aromatic rings. The van der Waals surface area contributed by atoms with Crippen LogP contribution in [0.2, 0.25) is 0 Å². The van der Waals surface area contributed by atoms with Gasteiger partial charge in [0, 0.05) is 20.5 Å². The number of esters is 1. The van der Waals surface area contributed by atoms with Crippen LogP contribution in [-0.2, 0) is 61.7 Å². The summed E-state index contributed by atoms with van der Waals surface area (Å²) in [6.45, 7) is 6.49. The van der Waals surface area contributed by atoms with E-state index < -0.39 is 179 Å². The van der Waals surface area contributed by atoms with Crippen LogP contribution in [0.1, 0.15) is 48.0 Å². The van der Waals surface area contributed by atoms with Gasteiger partial charge in [0.2, 0.25) is 5.91 Å². The van der Waals surface area contributed by atoms with E-state index in [9.17, 15) is 65.8 Å². The smallest absolute Gasteiger partial charge is 0.303 e. The van der Waals surface area contributed by atoms with Crippen molar-refractivity contribution in [1.82, 2.24) is 5.32 Å². The first-order valence-corrected chi connectivity index (χ1v) is 20.5. The lowest BCUT2D eigenvalue weighted by Gasteiger charge is -2.51. The fourth-order valence-corrected chi connectivity index (χ4v) is 7.87. The van der Waals surface area contributed by atoms with Crippen LogP contribution in [0.15, 0.2) is 0 Å². The molecule has 25 heteroatoms. The van der Waals surface area contributed by atoms with Crippen molar-refractivity contribution in [2.45, 2.75) is 201 Å². The predicted octanol–water partition coefficient (Wildman–Crippen LogP) is -6.69. The quantitative estimate of drug-likeness (QED) is 0.0680. The molecule has 0 radical (unpaired) electrons. The van der Waals surface area contributed by atoms with Crippen LogP contribution >= 0.6 is 0 Å². The van der Waals surface area contributed by atoms with Gasteiger partial charge in [0.25, 0.3) is 0 Å². The zero-order valence-corrected chi connectivity index (χ0v) is 35.0. The van der Waals surface area contributed by atoms with E-state index in [1.807, 2.05) is 0 Å². The zero-order chi connectivity index (χ0) is 45.9. The minimum Gasteiger partial charge on any atom is -0.454 e. The van der Waals surface area contributed by atoms with Gasteiger partial charge in [-0.15, -0.1) is 0 Å². The maximum Gasteiger partial charge on any atom is 0.303 e. The van der Waals surface area contributed by atoms with E-state index in [0.29, 0.717) is 6.42 Å². The molecule has 12 N–H and O–H groups in total. The maximum absolute atomic E-state index is 12.8. The summed E-state index contributed by atoms with van der Waals surface area (Å²) in [5.41, 5.74) is 0. The van der Waals surface area contributed by atoms with E-state index in [-0.39, 0.29) is 6.61 Å². The Morgan fingerprint density at radius 3 is 1.55 bits per heavy atom. The Kier molecular flexibility index (Phi) is 18.2. The highest BCUT2D eigenvalue weighted by molar-refractivity contribution is 5.73. The van der Waals surface area contributed by atoms with E-state index in [1.165, 1.54) is 20.8 Å². The Hall–Kier alpha value is -1.90. The molecule has 0 aliphatic carbocycles. The number of nitrogens with one attached hydrogen (secondary N) is 1. The molecule has 0 aromatic heterocycles. The second-order valence-corrected chi connectivity index (χ2v) is 16.1.